The SMILES string of the molecule is CC[C@@H](C[C@@H](C)C(=O)O)C(=O)CC/C1=C/[C@@H](C)C/C(C)=C/[C@H](C)[C@@H](O)[C@H](C)CC[C@H](CCCC/C=C/[C@H](C)CC[C@H](C)OC(=O)C[C@@H](CC(=O)O)C(=O)O)OC(=O)C[C@@H](C(=O)O)CC(=O)OC1. The molecule has 0 amide bonds. The summed E-state index contributed by atoms with van der Waals surface area (Å²) in [5, 5.41) is 48.8. The number of rotatable bonds is 24. The maximum atomic E-state index is 13.3. The van der Waals surface area contributed by atoms with E-state index in [2.05, 4.69) is 0 Å². The van der Waals surface area contributed by atoms with Crippen molar-refractivity contribution >= 4 is 47.6 Å². The summed E-state index contributed by atoms with van der Waals surface area (Å²) in [6, 6.07) is 0. The Bertz CT molecular complexity index is 1710. The Hall–Kier alpha value is -4.86. The van der Waals surface area contributed by atoms with Crippen molar-refractivity contribution in [1.82, 2.24) is 0 Å². The van der Waals surface area contributed by atoms with Gasteiger partial charge in [0.05, 0.1) is 55.6 Å². The van der Waals surface area contributed by atoms with Crippen LogP contribution in [0.15, 0.2) is 35.5 Å². The zero-order valence-corrected chi connectivity index (χ0v) is 41.1. The van der Waals surface area contributed by atoms with Crippen LogP contribution < -0.4 is 0 Å². The highest BCUT2D eigenvalue weighted by molar-refractivity contribution is 5.84. The number of Topliss-reactive ketones (excluding diaryl/α,β-unsaturated/α-hetero) is 1. The molecule has 67 heavy (non-hydrogen) atoms. The molecule has 0 fully saturated rings. The van der Waals surface area contributed by atoms with Crippen molar-refractivity contribution in [1.29, 1.82) is 0 Å². The molecule has 1 heterocycles. The van der Waals surface area contributed by atoms with Gasteiger partial charge in [0.15, 0.2) is 0 Å². The highest BCUT2D eigenvalue weighted by Gasteiger charge is 2.30. The van der Waals surface area contributed by atoms with Crippen molar-refractivity contribution in [3.05, 3.63) is 35.5 Å². The monoisotopic (exact) mass is 949 g/mol. The molecule has 11 atom stereocenters. The number of unbranched alkanes of at least 4 members (excludes halogenated alkanes) is 2. The van der Waals surface area contributed by atoms with Crippen molar-refractivity contribution in [2.24, 2.45) is 47.3 Å². The third-order valence-electron chi connectivity index (χ3n) is 12.5. The summed E-state index contributed by atoms with van der Waals surface area (Å²) >= 11 is 0. The predicted molar refractivity (Wildman–Crippen MR) is 249 cm³/mol. The lowest BCUT2D eigenvalue weighted by Crippen LogP contribution is -2.28. The van der Waals surface area contributed by atoms with Crippen LogP contribution in [-0.2, 0) is 52.6 Å². The lowest BCUT2D eigenvalue weighted by atomic mass is 9.86. The van der Waals surface area contributed by atoms with E-state index in [4.69, 9.17) is 19.3 Å². The Morgan fingerprint density at radius 3 is 2.13 bits per heavy atom. The molecular weight excluding hydrogens is 869 g/mol. The van der Waals surface area contributed by atoms with Crippen LogP contribution in [0.25, 0.3) is 0 Å². The Morgan fingerprint density at radius 2 is 1.52 bits per heavy atom. The minimum Gasteiger partial charge on any atom is -0.481 e. The number of ketones is 1. The first-order chi connectivity index (χ1) is 31.4. The van der Waals surface area contributed by atoms with Crippen LogP contribution in [0.4, 0.5) is 0 Å². The van der Waals surface area contributed by atoms with Crippen molar-refractivity contribution in [3.63, 3.8) is 0 Å². The molecule has 16 nitrogen and oxygen atoms in total. The highest BCUT2D eigenvalue weighted by Crippen LogP contribution is 2.27. The van der Waals surface area contributed by atoms with E-state index in [0.29, 0.717) is 56.9 Å². The van der Waals surface area contributed by atoms with Crippen molar-refractivity contribution in [2.75, 3.05) is 6.61 Å². The van der Waals surface area contributed by atoms with E-state index in [9.17, 15) is 58.8 Å². The molecule has 380 valence electrons. The third kappa shape index (κ3) is 26.3. The van der Waals surface area contributed by atoms with Gasteiger partial charge < -0.3 is 39.7 Å². The highest BCUT2D eigenvalue weighted by atomic mass is 16.5. The minimum atomic E-state index is -1.40. The number of aliphatic hydroxyl groups is 1. The zero-order chi connectivity index (χ0) is 50.8. The molecule has 1 aliphatic heterocycles. The number of ether oxygens (including phenoxy) is 3. The first-order valence-electron chi connectivity index (χ1n) is 24.1. The van der Waals surface area contributed by atoms with Crippen LogP contribution in [0.1, 0.15) is 165 Å². The van der Waals surface area contributed by atoms with Gasteiger partial charge in [-0.25, -0.2) is 0 Å². The van der Waals surface area contributed by atoms with Crippen LogP contribution in [0, 0.1) is 47.3 Å². The predicted octanol–water partition coefficient (Wildman–Crippen LogP) is 8.76. The molecule has 0 unspecified atom stereocenters. The number of esters is 3. The van der Waals surface area contributed by atoms with E-state index >= 15 is 0 Å². The average molecular weight is 949 g/mol. The van der Waals surface area contributed by atoms with Crippen molar-refractivity contribution in [2.45, 2.75) is 183 Å². The standard InChI is InChI=1S/C51H80O16/c1-9-39(25-36(7)49(59)60)43(52)21-19-38-24-33(4)22-32(3)23-35(6)48(58)34(5)17-20-42(67-47(57)29-41(51(63)64)27-45(55)65-30-38)15-13-11-10-12-14-31(2)16-18-37(8)66-46(56)28-40(50(61)62)26-44(53)54/h12,14,23-24,31,33-37,39-42,48,58H,9-11,13,15-22,25-30H2,1-8H3,(H,53,54)(H,59,60)(H,61,62)(H,63,64)/b14-12+,32-23+,38-24-/t31-,33-,34+,35-,36+,37-,39-,40+,41-,42-,48-/m0/s1. The molecule has 0 aromatic heterocycles. The number of carboxylic acids is 4. The fourth-order valence-corrected chi connectivity index (χ4v) is 8.39. The van der Waals surface area contributed by atoms with Gasteiger partial charge in [-0.3, -0.25) is 38.4 Å². The molecule has 0 bridgehead atoms. The number of aliphatic hydroxyl groups excluding tert-OH is 1. The van der Waals surface area contributed by atoms with Gasteiger partial charge in [0.2, 0.25) is 0 Å². The summed E-state index contributed by atoms with van der Waals surface area (Å²) < 4.78 is 16.7. The molecule has 16 heteroatoms. The number of carbonyl (C=O) groups excluding carboxylic acids is 4. The summed E-state index contributed by atoms with van der Waals surface area (Å²) in [4.78, 5) is 97.7. The molecule has 1 aliphatic rings. The van der Waals surface area contributed by atoms with Gasteiger partial charge >= 0.3 is 41.8 Å². The summed E-state index contributed by atoms with van der Waals surface area (Å²) in [5.41, 5.74) is 1.70. The summed E-state index contributed by atoms with van der Waals surface area (Å²) in [6.45, 7) is 14.8. The number of aliphatic carboxylic acids is 4. The number of cyclic esters (lactones) is 2. The number of carbonyl (C=O) groups is 8. The van der Waals surface area contributed by atoms with Crippen molar-refractivity contribution in [3.8, 4) is 0 Å². The quantitative estimate of drug-likeness (QED) is 0.0262. The van der Waals surface area contributed by atoms with Crippen LogP contribution in [0.5, 0.6) is 0 Å². The Kier molecular flexibility index (Phi) is 28.7. The van der Waals surface area contributed by atoms with E-state index in [1.807, 2.05) is 65.8 Å². The lowest BCUT2D eigenvalue weighted by molar-refractivity contribution is -0.158. The maximum absolute atomic E-state index is 13.3. The fourth-order valence-electron chi connectivity index (χ4n) is 8.39. The van der Waals surface area contributed by atoms with Gasteiger partial charge in [-0.1, -0.05) is 71.4 Å². The number of hydrogen-bond donors (Lipinski definition) is 5. The molecule has 0 aliphatic carbocycles. The van der Waals surface area contributed by atoms with E-state index in [1.165, 1.54) is 0 Å². The molecule has 5 N–H and O–H groups in total. The summed E-state index contributed by atoms with van der Waals surface area (Å²) in [6.07, 6.45) is 10.6. The largest absolute Gasteiger partial charge is 0.481 e. The minimum absolute atomic E-state index is 0.0436. The van der Waals surface area contributed by atoms with Gasteiger partial charge in [0, 0.05) is 18.3 Å². The van der Waals surface area contributed by atoms with Crippen LogP contribution >= 0.6 is 0 Å². The van der Waals surface area contributed by atoms with E-state index < -0.39 is 109 Å². The van der Waals surface area contributed by atoms with Gasteiger partial charge in [-0.15, -0.1) is 0 Å². The Balaban J connectivity index is 3.02. The molecule has 1 rings (SSSR count). The molecule has 0 saturated heterocycles. The van der Waals surface area contributed by atoms with Crippen LogP contribution in [-0.4, -0.2) is 98.0 Å². The summed E-state index contributed by atoms with van der Waals surface area (Å²) in [7, 11) is 0. The molecule has 0 saturated carbocycles. The first-order valence-corrected chi connectivity index (χ1v) is 24.1. The second-order valence-corrected chi connectivity index (χ2v) is 19.1. The molecule has 0 aromatic carbocycles. The third-order valence-corrected chi connectivity index (χ3v) is 12.5. The van der Waals surface area contributed by atoms with Crippen LogP contribution in [0.3, 0.4) is 0 Å². The first kappa shape index (κ1) is 60.2. The van der Waals surface area contributed by atoms with Crippen LogP contribution in [0.2, 0.25) is 0 Å². The average Bonchev–Trinajstić information content (AvgIpc) is 3.23. The Labute approximate surface area is 397 Å². The van der Waals surface area contributed by atoms with Gasteiger partial charge in [0.1, 0.15) is 18.5 Å². The van der Waals surface area contributed by atoms with Gasteiger partial charge in [-0.05, 0) is 114 Å². The zero-order valence-electron chi connectivity index (χ0n) is 41.1. The number of allylic oxidation sites excluding steroid dienone is 4. The normalized spacial score (nSPS) is 25.6. The van der Waals surface area contributed by atoms with E-state index in [0.717, 1.165) is 18.4 Å². The Morgan fingerprint density at radius 1 is 0.851 bits per heavy atom. The van der Waals surface area contributed by atoms with E-state index in [-0.39, 0.29) is 55.3 Å². The smallest absolute Gasteiger partial charge is 0.307 e. The maximum Gasteiger partial charge on any atom is 0.307 e. The van der Waals surface area contributed by atoms with Gasteiger partial charge in [-0.2, -0.15) is 0 Å². The lowest BCUT2D eigenvalue weighted by Gasteiger charge is -2.26. The number of hydrogen-bond acceptors (Lipinski definition) is 12. The van der Waals surface area contributed by atoms with E-state index in [1.54, 1.807) is 13.8 Å². The molecule has 0 radical (unpaired) electrons. The topological polar surface area (TPSA) is 265 Å². The molecule has 0 spiro atoms. The fraction of sp³-hybridized carbons (Fsp3) is 0.725. The second-order valence-electron chi connectivity index (χ2n) is 19.1. The molecular formula is C51H80O16. The molecule has 0 aromatic rings. The van der Waals surface area contributed by atoms with Crippen molar-refractivity contribution < 1.29 is 78.1 Å². The second kappa shape index (κ2) is 32.0. The number of carboxylic acid groups (broad SMARTS) is 4. The summed E-state index contributed by atoms with van der Waals surface area (Å²) in [5.74, 6) is -11.5. The van der Waals surface area contributed by atoms with Gasteiger partial charge in [0.25, 0.3) is 0 Å².